The maximum absolute atomic E-state index is 12.0. The molecule has 3 aromatic rings. The molecule has 0 unspecified atom stereocenters. The summed E-state index contributed by atoms with van der Waals surface area (Å²) >= 11 is 0. The van der Waals surface area contributed by atoms with Crippen molar-refractivity contribution < 1.29 is 14.3 Å². The third-order valence-electron chi connectivity index (χ3n) is 3.03. The molecule has 0 saturated heterocycles. The van der Waals surface area contributed by atoms with E-state index in [1.807, 2.05) is 0 Å². The van der Waals surface area contributed by atoms with Gasteiger partial charge >= 0.3 is 0 Å². The van der Waals surface area contributed by atoms with Crippen LogP contribution in [0.3, 0.4) is 0 Å². The van der Waals surface area contributed by atoms with Crippen molar-refractivity contribution in [1.29, 1.82) is 0 Å². The van der Waals surface area contributed by atoms with Crippen LogP contribution < -0.4 is 5.32 Å². The molecule has 1 amide bonds. The van der Waals surface area contributed by atoms with Crippen LogP contribution in [-0.2, 0) is 13.0 Å². The van der Waals surface area contributed by atoms with E-state index in [0.717, 1.165) is 11.1 Å². The summed E-state index contributed by atoms with van der Waals surface area (Å²) in [6.45, 7) is 0.429. The van der Waals surface area contributed by atoms with Crippen molar-refractivity contribution in [2.75, 3.05) is 6.61 Å². The first kappa shape index (κ1) is 13.3. The van der Waals surface area contributed by atoms with E-state index in [9.17, 15) is 4.79 Å². The van der Waals surface area contributed by atoms with Gasteiger partial charge in [-0.2, -0.15) is 5.10 Å². The Morgan fingerprint density at radius 2 is 2.33 bits per heavy atom. The molecule has 0 atom stereocenters. The minimum absolute atomic E-state index is 0.0481. The minimum Gasteiger partial charge on any atom is -0.472 e. The Hall–Kier alpha value is -2.67. The lowest BCUT2D eigenvalue weighted by Crippen LogP contribution is -2.23. The molecule has 0 saturated carbocycles. The van der Waals surface area contributed by atoms with Gasteiger partial charge in [0.25, 0.3) is 5.91 Å². The van der Waals surface area contributed by atoms with Crippen LogP contribution in [0.2, 0.25) is 0 Å². The van der Waals surface area contributed by atoms with Crippen molar-refractivity contribution in [2.45, 2.75) is 13.0 Å². The first-order valence-electron chi connectivity index (χ1n) is 6.51. The van der Waals surface area contributed by atoms with Crippen LogP contribution in [0.5, 0.6) is 0 Å². The number of fused-ring (bicyclic) bond motifs is 1. The second-order valence-electron chi connectivity index (χ2n) is 4.58. The van der Waals surface area contributed by atoms with Gasteiger partial charge in [-0.3, -0.25) is 4.79 Å². The average Bonchev–Trinajstić information content (AvgIpc) is 3.13. The van der Waals surface area contributed by atoms with Crippen LogP contribution in [0.15, 0.2) is 41.5 Å². The van der Waals surface area contributed by atoms with Gasteiger partial charge in [-0.1, -0.05) is 0 Å². The van der Waals surface area contributed by atoms with Crippen LogP contribution in [0, 0.1) is 0 Å². The van der Waals surface area contributed by atoms with Crippen LogP contribution in [0.4, 0.5) is 0 Å². The third-order valence-corrected chi connectivity index (χ3v) is 3.03. The lowest BCUT2D eigenvalue weighted by atomic mass is 10.2. The molecule has 0 aromatic carbocycles. The average molecular weight is 286 g/mol. The van der Waals surface area contributed by atoms with E-state index < -0.39 is 0 Å². The molecule has 0 bridgehead atoms. The molecule has 108 valence electrons. The summed E-state index contributed by atoms with van der Waals surface area (Å²) in [5.41, 5.74) is 2.63. The Labute approximate surface area is 120 Å². The van der Waals surface area contributed by atoms with Crippen molar-refractivity contribution in [3.05, 3.63) is 53.9 Å². The number of furan rings is 1. The van der Waals surface area contributed by atoms with Gasteiger partial charge in [0.05, 0.1) is 12.5 Å². The standard InChI is InChI=1S/C14H14N4O3/c19-3-1-10-6-15-13-5-12(17-18(13)8-10)14(20)16-7-11-2-4-21-9-11/h2,4-6,8-9,19H,1,3,7H2,(H,16,20). The second-order valence-corrected chi connectivity index (χ2v) is 4.58. The number of nitrogens with one attached hydrogen (secondary N) is 1. The van der Waals surface area contributed by atoms with E-state index in [2.05, 4.69) is 15.4 Å². The van der Waals surface area contributed by atoms with Crippen LogP contribution >= 0.6 is 0 Å². The van der Waals surface area contributed by atoms with Crippen molar-refractivity contribution in [3.63, 3.8) is 0 Å². The smallest absolute Gasteiger partial charge is 0.272 e. The number of aliphatic hydroxyl groups excluding tert-OH is 1. The Bertz CT molecular complexity index is 749. The molecule has 3 heterocycles. The molecule has 7 heteroatoms. The highest BCUT2D eigenvalue weighted by molar-refractivity contribution is 5.93. The lowest BCUT2D eigenvalue weighted by Gasteiger charge is -1.99. The van der Waals surface area contributed by atoms with Gasteiger partial charge in [-0.15, -0.1) is 0 Å². The molecule has 0 aliphatic heterocycles. The largest absolute Gasteiger partial charge is 0.472 e. The summed E-state index contributed by atoms with van der Waals surface area (Å²) in [5, 5.41) is 15.9. The van der Waals surface area contributed by atoms with Crippen molar-refractivity contribution in [1.82, 2.24) is 19.9 Å². The van der Waals surface area contributed by atoms with Gasteiger partial charge in [0, 0.05) is 37.2 Å². The fourth-order valence-corrected chi connectivity index (χ4v) is 1.95. The molecule has 0 fully saturated rings. The fraction of sp³-hybridized carbons (Fsp3) is 0.214. The van der Waals surface area contributed by atoms with E-state index in [1.54, 1.807) is 37.1 Å². The molecule has 0 aliphatic carbocycles. The highest BCUT2D eigenvalue weighted by Crippen LogP contribution is 2.07. The number of carbonyl (C=O) groups is 1. The van der Waals surface area contributed by atoms with E-state index in [1.165, 1.54) is 4.52 Å². The normalized spacial score (nSPS) is 10.9. The van der Waals surface area contributed by atoms with Gasteiger partial charge in [-0.05, 0) is 18.1 Å². The summed E-state index contributed by atoms with van der Waals surface area (Å²) in [5.74, 6) is -0.273. The molecule has 21 heavy (non-hydrogen) atoms. The van der Waals surface area contributed by atoms with E-state index in [-0.39, 0.29) is 12.5 Å². The monoisotopic (exact) mass is 286 g/mol. The molecule has 0 radical (unpaired) electrons. The van der Waals surface area contributed by atoms with Crippen molar-refractivity contribution in [2.24, 2.45) is 0 Å². The lowest BCUT2D eigenvalue weighted by molar-refractivity contribution is 0.0945. The molecule has 3 aromatic heterocycles. The molecule has 2 N–H and O–H groups in total. The van der Waals surface area contributed by atoms with Gasteiger partial charge in [0.1, 0.15) is 0 Å². The highest BCUT2D eigenvalue weighted by Gasteiger charge is 2.11. The van der Waals surface area contributed by atoms with Gasteiger partial charge in [0.2, 0.25) is 0 Å². The predicted octanol–water partition coefficient (Wildman–Crippen LogP) is 0.787. The number of rotatable bonds is 5. The van der Waals surface area contributed by atoms with E-state index in [4.69, 9.17) is 9.52 Å². The van der Waals surface area contributed by atoms with Crippen molar-refractivity contribution >= 4 is 11.6 Å². The maximum atomic E-state index is 12.0. The molecule has 0 aliphatic rings. The van der Waals surface area contributed by atoms with Crippen LogP contribution in [0.1, 0.15) is 21.6 Å². The Morgan fingerprint density at radius 1 is 1.43 bits per heavy atom. The summed E-state index contributed by atoms with van der Waals surface area (Å²) < 4.78 is 6.47. The number of aliphatic hydroxyl groups is 1. The molecular formula is C14H14N4O3. The predicted molar refractivity (Wildman–Crippen MR) is 73.7 cm³/mol. The molecule has 3 rings (SSSR count). The SMILES string of the molecule is O=C(NCc1ccoc1)c1cc2ncc(CCO)cn2n1. The summed E-state index contributed by atoms with van der Waals surface area (Å²) in [6, 6.07) is 3.40. The number of nitrogens with zero attached hydrogens (tertiary/aromatic N) is 3. The van der Waals surface area contributed by atoms with Gasteiger partial charge < -0.3 is 14.8 Å². The van der Waals surface area contributed by atoms with Crippen molar-refractivity contribution in [3.8, 4) is 0 Å². The quantitative estimate of drug-likeness (QED) is 0.723. The second kappa shape index (κ2) is 5.76. The first-order chi connectivity index (χ1) is 10.3. The number of aromatic nitrogens is 3. The van der Waals surface area contributed by atoms with Crippen LogP contribution in [0.25, 0.3) is 5.65 Å². The molecule has 7 nitrogen and oxygen atoms in total. The Kier molecular flexibility index (Phi) is 3.65. The third kappa shape index (κ3) is 2.92. The highest BCUT2D eigenvalue weighted by atomic mass is 16.3. The zero-order valence-electron chi connectivity index (χ0n) is 11.2. The topological polar surface area (TPSA) is 92.7 Å². The Morgan fingerprint density at radius 3 is 3.10 bits per heavy atom. The number of hydrogen-bond acceptors (Lipinski definition) is 5. The minimum atomic E-state index is -0.273. The maximum Gasteiger partial charge on any atom is 0.272 e. The Balaban J connectivity index is 1.75. The summed E-state index contributed by atoms with van der Waals surface area (Å²) in [6.07, 6.45) is 7.06. The van der Waals surface area contributed by atoms with Gasteiger partial charge in [-0.25, -0.2) is 9.50 Å². The number of amides is 1. The first-order valence-corrected chi connectivity index (χ1v) is 6.51. The van der Waals surface area contributed by atoms with Crippen LogP contribution in [-0.4, -0.2) is 32.2 Å². The summed E-state index contributed by atoms with van der Waals surface area (Å²) in [7, 11) is 0. The fourth-order valence-electron chi connectivity index (χ4n) is 1.95. The van der Waals surface area contributed by atoms with Gasteiger partial charge in [0.15, 0.2) is 11.3 Å². The number of carbonyl (C=O) groups excluding carboxylic acids is 1. The number of hydrogen-bond donors (Lipinski definition) is 2. The van der Waals surface area contributed by atoms with E-state index in [0.29, 0.717) is 24.3 Å². The zero-order chi connectivity index (χ0) is 14.7. The molecule has 0 spiro atoms. The zero-order valence-corrected chi connectivity index (χ0v) is 11.2. The summed E-state index contributed by atoms with van der Waals surface area (Å²) in [4.78, 5) is 16.2. The van der Waals surface area contributed by atoms with E-state index >= 15 is 0 Å². The molecular weight excluding hydrogens is 272 g/mol.